The van der Waals surface area contributed by atoms with Crippen LogP contribution in [0.2, 0.25) is 0 Å². The Morgan fingerprint density at radius 3 is 2.50 bits per heavy atom. The monoisotopic (exact) mass is 274 g/mol. The Morgan fingerprint density at radius 2 is 1.90 bits per heavy atom. The van der Waals surface area contributed by atoms with E-state index in [1.807, 2.05) is 24.3 Å². The third kappa shape index (κ3) is 3.41. The summed E-state index contributed by atoms with van der Waals surface area (Å²) in [6, 6.07) is 9.29. The van der Waals surface area contributed by atoms with Crippen molar-refractivity contribution in [3.8, 4) is 11.5 Å². The highest BCUT2D eigenvalue weighted by Gasteiger charge is 2.09. The van der Waals surface area contributed by atoms with Gasteiger partial charge in [-0.3, -0.25) is 0 Å². The van der Waals surface area contributed by atoms with Crippen molar-refractivity contribution in [1.82, 2.24) is 0 Å². The van der Waals surface area contributed by atoms with Gasteiger partial charge >= 0.3 is 5.63 Å². The average Bonchev–Trinajstić information content (AvgIpc) is 2.42. The largest absolute Gasteiger partial charge is 0.507 e. The number of aryl methyl sites for hydroxylation is 2. The van der Waals surface area contributed by atoms with E-state index < -0.39 is 5.63 Å². The molecule has 106 valence electrons. The summed E-state index contributed by atoms with van der Waals surface area (Å²) in [6.45, 7) is 1.64. The smallest absolute Gasteiger partial charge is 0.342 e. The normalized spacial score (nSPS) is 10.5. The SMILES string of the molecule is COc1ccc(CCCc2c(O)cc(C)oc2=O)cc1. The number of ether oxygens (including phenoxy) is 1. The van der Waals surface area contributed by atoms with E-state index in [0.29, 0.717) is 17.7 Å². The van der Waals surface area contributed by atoms with Crippen LogP contribution in [-0.4, -0.2) is 12.2 Å². The van der Waals surface area contributed by atoms with E-state index in [1.165, 1.54) is 11.6 Å². The second-order valence-electron chi connectivity index (χ2n) is 4.71. The van der Waals surface area contributed by atoms with Gasteiger partial charge in [-0.2, -0.15) is 0 Å². The van der Waals surface area contributed by atoms with Crippen LogP contribution >= 0.6 is 0 Å². The van der Waals surface area contributed by atoms with Gasteiger partial charge in [0.25, 0.3) is 0 Å². The Labute approximate surface area is 117 Å². The van der Waals surface area contributed by atoms with E-state index in [4.69, 9.17) is 9.15 Å². The number of benzene rings is 1. The maximum Gasteiger partial charge on any atom is 0.342 e. The second-order valence-corrected chi connectivity index (χ2v) is 4.71. The maximum absolute atomic E-state index is 11.6. The summed E-state index contributed by atoms with van der Waals surface area (Å²) in [7, 11) is 1.63. The molecule has 0 fully saturated rings. The highest BCUT2D eigenvalue weighted by molar-refractivity contribution is 5.30. The minimum Gasteiger partial charge on any atom is -0.507 e. The zero-order chi connectivity index (χ0) is 14.5. The molecular formula is C16H18O4. The van der Waals surface area contributed by atoms with E-state index in [-0.39, 0.29) is 5.75 Å². The predicted molar refractivity (Wildman–Crippen MR) is 76.4 cm³/mol. The molecule has 0 amide bonds. The minimum absolute atomic E-state index is 0.0217. The van der Waals surface area contributed by atoms with Crippen LogP contribution in [-0.2, 0) is 12.8 Å². The lowest BCUT2D eigenvalue weighted by molar-refractivity contribution is 0.414. The maximum atomic E-state index is 11.6. The van der Waals surface area contributed by atoms with Crippen molar-refractivity contribution in [1.29, 1.82) is 0 Å². The molecule has 0 saturated carbocycles. The molecule has 0 saturated heterocycles. The molecule has 0 spiro atoms. The van der Waals surface area contributed by atoms with Crippen LogP contribution in [0.15, 0.2) is 39.5 Å². The number of rotatable bonds is 5. The van der Waals surface area contributed by atoms with E-state index >= 15 is 0 Å². The van der Waals surface area contributed by atoms with Gasteiger partial charge in [-0.15, -0.1) is 0 Å². The van der Waals surface area contributed by atoms with Crippen LogP contribution in [0.25, 0.3) is 0 Å². The first kappa shape index (κ1) is 14.2. The molecular weight excluding hydrogens is 256 g/mol. The Morgan fingerprint density at radius 1 is 1.20 bits per heavy atom. The summed E-state index contributed by atoms with van der Waals surface area (Å²) in [6.07, 6.45) is 2.10. The molecule has 20 heavy (non-hydrogen) atoms. The molecule has 0 aliphatic carbocycles. The number of hydrogen-bond donors (Lipinski definition) is 1. The lowest BCUT2D eigenvalue weighted by Crippen LogP contribution is -2.08. The first-order valence-electron chi connectivity index (χ1n) is 6.55. The van der Waals surface area contributed by atoms with Crippen LogP contribution in [0, 0.1) is 6.92 Å². The molecule has 1 aromatic carbocycles. The van der Waals surface area contributed by atoms with Crippen LogP contribution in [0.4, 0.5) is 0 Å². The van der Waals surface area contributed by atoms with Gasteiger partial charge in [-0.25, -0.2) is 4.79 Å². The zero-order valence-corrected chi connectivity index (χ0v) is 11.7. The molecule has 2 rings (SSSR count). The number of methoxy groups -OCH3 is 1. The van der Waals surface area contributed by atoms with Crippen LogP contribution in [0.3, 0.4) is 0 Å². The van der Waals surface area contributed by atoms with Crippen molar-refractivity contribution in [3.63, 3.8) is 0 Å². The van der Waals surface area contributed by atoms with Crippen molar-refractivity contribution < 1.29 is 14.3 Å². The molecule has 0 unspecified atom stereocenters. The molecule has 0 radical (unpaired) electrons. The summed E-state index contributed by atoms with van der Waals surface area (Å²) < 4.78 is 10.1. The Kier molecular flexibility index (Phi) is 4.45. The van der Waals surface area contributed by atoms with E-state index in [1.54, 1.807) is 14.0 Å². The van der Waals surface area contributed by atoms with Gasteiger partial charge in [0.05, 0.1) is 12.7 Å². The summed E-state index contributed by atoms with van der Waals surface area (Å²) in [5, 5.41) is 9.76. The Balaban J connectivity index is 1.97. The van der Waals surface area contributed by atoms with Crippen LogP contribution < -0.4 is 10.4 Å². The summed E-state index contributed by atoms with van der Waals surface area (Å²) in [4.78, 5) is 11.6. The molecule has 0 aliphatic rings. The van der Waals surface area contributed by atoms with Crippen molar-refractivity contribution >= 4 is 0 Å². The molecule has 4 heteroatoms. The lowest BCUT2D eigenvalue weighted by atomic mass is 10.0. The Hall–Kier alpha value is -2.23. The first-order chi connectivity index (χ1) is 9.60. The highest BCUT2D eigenvalue weighted by atomic mass is 16.5. The Bertz CT molecular complexity index is 626. The first-order valence-corrected chi connectivity index (χ1v) is 6.55. The van der Waals surface area contributed by atoms with Gasteiger partial charge in [-0.05, 0) is 43.9 Å². The minimum atomic E-state index is -0.447. The highest BCUT2D eigenvalue weighted by Crippen LogP contribution is 2.18. The van der Waals surface area contributed by atoms with E-state index in [2.05, 4.69) is 0 Å². The fourth-order valence-corrected chi connectivity index (χ4v) is 2.11. The molecule has 0 atom stereocenters. The fraction of sp³-hybridized carbons (Fsp3) is 0.312. The average molecular weight is 274 g/mol. The van der Waals surface area contributed by atoms with Gasteiger partial charge in [0, 0.05) is 6.07 Å². The van der Waals surface area contributed by atoms with Crippen molar-refractivity contribution in [2.24, 2.45) is 0 Å². The third-order valence-corrected chi connectivity index (χ3v) is 3.20. The fourth-order valence-electron chi connectivity index (χ4n) is 2.11. The predicted octanol–water partition coefficient (Wildman–Crippen LogP) is 2.84. The van der Waals surface area contributed by atoms with Gasteiger partial charge in [0.15, 0.2) is 0 Å². The quantitative estimate of drug-likeness (QED) is 0.910. The lowest BCUT2D eigenvalue weighted by Gasteiger charge is -2.05. The van der Waals surface area contributed by atoms with Crippen LogP contribution in [0.1, 0.15) is 23.3 Å². The van der Waals surface area contributed by atoms with Gasteiger partial charge in [0.2, 0.25) is 0 Å². The second kappa shape index (κ2) is 6.28. The third-order valence-electron chi connectivity index (χ3n) is 3.20. The topological polar surface area (TPSA) is 59.7 Å². The molecule has 4 nitrogen and oxygen atoms in total. The molecule has 0 bridgehead atoms. The molecule has 1 aromatic heterocycles. The summed E-state index contributed by atoms with van der Waals surface area (Å²) >= 11 is 0. The number of aromatic hydroxyl groups is 1. The van der Waals surface area contributed by atoms with Crippen molar-refractivity contribution in [3.05, 3.63) is 57.6 Å². The van der Waals surface area contributed by atoms with Crippen molar-refractivity contribution in [2.45, 2.75) is 26.2 Å². The van der Waals surface area contributed by atoms with E-state index in [0.717, 1.165) is 18.6 Å². The van der Waals surface area contributed by atoms with Crippen LogP contribution in [0.5, 0.6) is 11.5 Å². The number of hydrogen-bond acceptors (Lipinski definition) is 4. The summed E-state index contributed by atoms with van der Waals surface area (Å²) in [5.74, 6) is 1.27. The zero-order valence-electron chi connectivity index (χ0n) is 11.7. The molecule has 0 aliphatic heterocycles. The van der Waals surface area contributed by atoms with Gasteiger partial charge in [0.1, 0.15) is 17.3 Å². The van der Waals surface area contributed by atoms with E-state index in [9.17, 15) is 9.90 Å². The van der Waals surface area contributed by atoms with Crippen molar-refractivity contribution in [2.75, 3.05) is 7.11 Å². The molecule has 1 N–H and O–H groups in total. The summed E-state index contributed by atoms with van der Waals surface area (Å²) in [5.41, 5.74) is 1.07. The molecule has 1 heterocycles. The molecule has 2 aromatic rings. The van der Waals surface area contributed by atoms with Gasteiger partial charge in [-0.1, -0.05) is 12.1 Å². The standard InChI is InChI=1S/C16H18O4/c1-11-10-15(17)14(16(18)20-11)5-3-4-12-6-8-13(19-2)9-7-12/h6-10,17H,3-5H2,1-2H3. The van der Waals surface area contributed by atoms with Gasteiger partial charge < -0.3 is 14.3 Å².